The zero-order valence-electron chi connectivity index (χ0n) is 13.9. The third-order valence-electron chi connectivity index (χ3n) is 5.21. The second kappa shape index (κ2) is 6.31. The summed E-state index contributed by atoms with van der Waals surface area (Å²) in [6.45, 7) is 1.18. The fraction of sp³-hybridized carbons (Fsp3) is 0.350. The molecule has 4 rings (SSSR count). The molecule has 1 amide bonds. The average molecular weight is 336 g/mol. The van der Waals surface area contributed by atoms with Gasteiger partial charge in [-0.25, -0.2) is 0 Å². The summed E-state index contributed by atoms with van der Waals surface area (Å²) in [7, 11) is 0. The minimum Gasteiger partial charge on any atom is -0.340 e. The molecule has 2 aromatic rings. The maximum Gasteiger partial charge on any atom is 0.251 e. The van der Waals surface area contributed by atoms with Crippen molar-refractivity contribution in [3.05, 3.63) is 70.1 Å². The topological polar surface area (TPSA) is 59.4 Å². The van der Waals surface area contributed by atoms with E-state index in [1.807, 2.05) is 16.7 Å². The van der Waals surface area contributed by atoms with Gasteiger partial charge in [0.25, 0.3) is 5.56 Å². The molecule has 0 aliphatic carbocycles. The van der Waals surface area contributed by atoms with E-state index < -0.39 is 0 Å². The number of amides is 1. The summed E-state index contributed by atoms with van der Waals surface area (Å²) in [5.41, 5.74) is 1.62. The van der Waals surface area contributed by atoms with Crippen molar-refractivity contribution in [2.24, 2.45) is 5.92 Å². The van der Waals surface area contributed by atoms with Gasteiger partial charge in [-0.2, -0.15) is 0 Å². The number of Topliss-reactive ketones (excluding diaryl/α,β-unsaturated/α-hetero) is 1. The maximum absolute atomic E-state index is 12.6. The van der Waals surface area contributed by atoms with Gasteiger partial charge < -0.3 is 9.47 Å². The van der Waals surface area contributed by atoms with Crippen LogP contribution in [0.5, 0.6) is 0 Å². The SMILES string of the molecule is O=C(CC(=O)N1C[C@H]2Cc3cccc(=O)n3[C@H](C2)C1)c1ccccc1. The van der Waals surface area contributed by atoms with Crippen LogP contribution in [-0.4, -0.2) is 34.2 Å². The minimum atomic E-state index is -0.154. The second-order valence-corrected chi connectivity index (χ2v) is 6.95. The van der Waals surface area contributed by atoms with Crippen LogP contribution in [0.3, 0.4) is 0 Å². The Morgan fingerprint density at radius 1 is 1.00 bits per heavy atom. The van der Waals surface area contributed by atoms with Gasteiger partial charge in [0.2, 0.25) is 5.91 Å². The number of piperidine rings is 1. The molecule has 2 bridgehead atoms. The number of nitrogens with zero attached hydrogens (tertiary/aromatic N) is 2. The molecule has 1 saturated heterocycles. The molecule has 2 aliphatic heterocycles. The Bertz CT molecular complexity index is 872. The molecule has 5 heteroatoms. The molecule has 2 aliphatic rings. The number of ketones is 1. The quantitative estimate of drug-likeness (QED) is 0.637. The van der Waals surface area contributed by atoms with E-state index >= 15 is 0 Å². The summed E-state index contributed by atoms with van der Waals surface area (Å²) >= 11 is 0. The summed E-state index contributed by atoms with van der Waals surface area (Å²) < 4.78 is 1.83. The molecule has 1 aromatic carbocycles. The first-order valence-corrected chi connectivity index (χ1v) is 8.68. The Kier molecular flexibility index (Phi) is 3.99. The zero-order valence-corrected chi connectivity index (χ0v) is 13.9. The van der Waals surface area contributed by atoms with E-state index in [0.717, 1.165) is 18.5 Å². The van der Waals surface area contributed by atoms with Crippen molar-refractivity contribution in [3.63, 3.8) is 0 Å². The largest absolute Gasteiger partial charge is 0.340 e. The van der Waals surface area contributed by atoms with Gasteiger partial charge >= 0.3 is 0 Å². The van der Waals surface area contributed by atoms with Crippen LogP contribution in [0, 0.1) is 5.92 Å². The normalized spacial score (nSPS) is 21.5. The predicted molar refractivity (Wildman–Crippen MR) is 93.5 cm³/mol. The molecule has 0 N–H and O–H groups in total. The monoisotopic (exact) mass is 336 g/mol. The van der Waals surface area contributed by atoms with Crippen molar-refractivity contribution < 1.29 is 9.59 Å². The number of carbonyl (C=O) groups excluding carboxylic acids is 2. The first-order valence-electron chi connectivity index (χ1n) is 8.68. The first-order chi connectivity index (χ1) is 12.1. The molecule has 25 heavy (non-hydrogen) atoms. The molecule has 0 radical (unpaired) electrons. The van der Waals surface area contributed by atoms with Gasteiger partial charge in [-0.3, -0.25) is 14.4 Å². The van der Waals surface area contributed by atoms with Crippen LogP contribution in [0.15, 0.2) is 53.3 Å². The minimum absolute atomic E-state index is 0.00406. The van der Waals surface area contributed by atoms with Crippen molar-refractivity contribution >= 4 is 11.7 Å². The second-order valence-electron chi connectivity index (χ2n) is 6.95. The Balaban J connectivity index is 1.50. The molecule has 0 saturated carbocycles. The first kappa shape index (κ1) is 15.8. The molecular formula is C20H20N2O3. The van der Waals surface area contributed by atoms with Gasteiger partial charge in [0, 0.05) is 30.4 Å². The summed E-state index contributed by atoms with van der Waals surface area (Å²) in [5, 5.41) is 0. The number of carbonyl (C=O) groups is 2. The van der Waals surface area contributed by atoms with E-state index in [4.69, 9.17) is 0 Å². The number of benzene rings is 1. The fourth-order valence-electron chi connectivity index (χ4n) is 4.11. The highest BCUT2D eigenvalue weighted by molar-refractivity contribution is 6.07. The van der Waals surface area contributed by atoms with Gasteiger partial charge in [0.05, 0.1) is 12.5 Å². The lowest BCUT2D eigenvalue weighted by atomic mass is 9.85. The summed E-state index contributed by atoms with van der Waals surface area (Å²) in [6.07, 6.45) is 1.62. The summed E-state index contributed by atoms with van der Waals surface area (Å²) in [4.78, 5) is 38.9. The molecule has 2 atom stereocenters. The number of pyridine rings is 1. The van der Waals surface area contributed by atoms with E-state index in [9.17, 15) is 14.4 Å². The van der Waals surface area contributed by atoms with Crippen LogP contribution in [0.1, 0.15) is 34.9 Å². The number of hydrogen-bond acceptors (Lipinski definition) is 3. The fourth-order valence-corrected chi connectivity index (χ4v) is 4.11. The Morgan fingerprint density at radius 3 is 2.60 bits per heavy atom. The van der Waals surface area contributed by atoms with Gasteiger partial charge in [0.1, 0.15) is 0 Å². The molecule has 3 heterocycles. The highest BCUT2D eigenvalue weighted by Gasteiger charge is 2.36. The Morgan fingerprint density at radius 2 is 1.80 bits per heavy atom. The molecule has 0 spiro atoms. The van der Waals surface area contributed by atoms with Crippen LogP contribution in [0.25, 0.3) is 0 Å². The van der Waals surface area contributed by atoms with E-state index in [0.29, 0.717) is 24.6 Å². The summed E-state index contributed by atoms with van der Waals surface area (Å²) in [6, 6.07) is 14.3. The number of likely N-dealkylation sites (tertiary alicyclic amines) is 1. The van der Waals surface area contributed by atoms with Crippen LogP contribution >= 0.6 is 0 Å². The average Bonchev–Trinajstić information content (AvgIpc) is 2.62. The molecule has 1 aromatic heterocycles. The van der Waals surface area contributed by atoms with Crippen molar-refractivity contribution in [3.8, 4) is 0 Å². The third kappa shape index (κ3) is 3.02. The van der Waals surface area contributed by atoms with Crippen molar-refractivity contribution in [2.45, 2.75) is 25.3 Å². The van der Waals surface area contributed by atoms with Gasteiger partial charge in [-0.15, -0.1) is 0 Å². The van der Waals surface area contributed by atoms with E-state index in [1.54, 1.807) is 41.3 Å². The number of rotatable bonds is 3. The van der Waals surface area contributed by atoms with Gasteiger partial charge in [0.15, 0.2) is 5.78 Å². The Labute approximate surface area is 145 Å². The van der Waals surface area contributed by atoms with Crippen LogP contribution in [0.2, 0.25) is 0 Å². The van der Waals surface area contributed by atoms with E-state index in [1.165, 1.54) is 0 Å². The lowest BCUT2D eigenvalue weighted by Crippen LogP contribution is -2.50. The van der Waals surface area contributed by atoms with E-state index in [2.05, 4.69) is 0 Å². The predicted octanol–water partition coefficient (Wildman–Crippen LogP) is 2.07. The number of aromatic nitrogens is 1. The lowest BCUT2D eigenvalue weighted by molar-refractivity contribution is -0.133. The molecule has 128 valence electrons. The van der Waals surface area contributed by atoms with Crippen molar-refractivity contribution in [1.82, 2.24) is 9.47 Å². The number of hydrogen-bond donors (Lipinski definition) is 0. The van der Waals surface area contributed by atoms with Crippen LogP contribution in [-0.2, 0) is 11.2 Å². The summed E-state index contributed by atoms with van der Waals surface area (Å²) in [5.74, 6) is 0.0613. The molecule has 5 nitrogen and oxygen atoms in total. The van der Waals surface area contributed by atoms with Crippen molar-refractivity contribution in [1.29, 1.82) is 0 Å². The van der Waals surface area contributed by atoms with Crippen LogP contribution < -0.4 is 5.56 Å². The molecular weight excluding hydrogens is 316 g/mol. The zero-order chi connectivity index (χ0) is 17.4. The third-order valence-corrected chi connectivity index (χ3v) is 5.21. The smallest absolute Gasteiger partial charge is 0.251 e. The molecule has 1 fully saturated rings. The molecule has 0 unspecified atom stereocenters. The lowest BCUT2D eigenvalue weighted by Gasteiger charge is -2.43. The van der Waals surface area contributed by atoms with Gasteiger partial charge in [-0.05, 0) is 24.8 Å². The van der Waals surface area contributed by atoms with Crippen molar-refractivity contribution in [2.75, 3.05) is 13.1 Å². The maximum atomic E-state index is 12.6. The number of fused-ring (bicyclic) bond motifs is 4. The standard InChI is InChI=1S/C20H20N2O3/c23-18(15-5-2-1-3-6-15)11-20(25)21-12-14-9-16-7-4-8-19(24)22(16)17(10-14)13-21/h1-8,14,17H,9-13H2/t14-,17+/m0/s1. The van der Waals surface area contributed by atoms with Gasteiger partial charge in [-0.1, -0.05) is 36.4 Å². The Hall–Kier alpha value is -2.69. The van der Waals surface area contributed by atoms with Crippen LogP contribution in [0.4, 0.5) is 0 Å². The highest BCUT2D eigenvalue weighted by atomic mass is 16.2. The van der Waals surface area contributed by atoms with E-state index in [-0.39, 0.29) is 29.7 Å². The highest BCUT2D eigenvalue weighted by Crippen LogP contribution is 2.33.